The summed E-state index contributed by atoms with van der Waals surface area (Å²) in [5, 5.41) is 3.31. The van der Waals surface area contributed by atoms with Crippen LogP contribution in [0.3, 0.4) is 0 Å². The summed E-state index contributed by atoms with van der Waals surface area (Å²) < 4.78 is 0. The van der Waals surface area contributed by atoms with E-state index < -0.39 is 5.54 Å². The summed E-state index contributed by atoms with van der Waals surface area (Å²) in [5.74, 6) is 0.734. The van der Waals surface area contributed by atoms with Crippen molar-refractivity contribution in [2.24, 2.45) is 11.7 Å². The first-order chi connectivity index (χ1) is 10.0. The predicted molar refractivity (Wildman–Crippen MR) is 89.2 cm³/mol. The average Bonchev–Trinajstić information content (AvgIpc) is 3.25. The molecule has 1 atom stereocenters. The van der Waals surface area contributed by atoms with Crippen molar-refractivity contribution in [1.82, 2.24) is 10.2 Å². The smallest absolute Gasteiger partial charge is 0.237 e. The fourth-order valence-corrected chi connectivity index (χ4v) is 2.79. The maximum absolute atomic E-state index is 11.7. The second-order valence-corrected chi connectivity index (χ2v) is 6.82. The third kappa shape index (κ3) is 7.28. The van der Waals surface area contributed by atoms with Crippen LogP contribution < -0.4 is 11.1 Å². The van der Waals surface area contributed by atoms with Crippen LogP contribution in [0.1, 0.15) is 65.7 Å². The van der Waals surface area contributed by atoms with Crippen molar-refractivity contribution in [2.75, 3.05) is 26.2 Å². The summed E-state index contributed by atoms with van der Waals surface area (Å²) in [6.07, 6.45) is 8.14. The number of nitrogens with zero attached hydrogens (tertiary/aromatic N) is 1. The average molecular weight is 297 g/mol. The molecular weight excluding hydrogens is 262 g/mol. The first kappa shape index (κ1) is 18.4. The van der Waals surface area contributed by atoms with Gasteiger partial charge in [0.05, 0.1) is 5.54 Å². The van der Waals surface area contributed by atoms with Gasteiger partial charge in [0.25, 0.3) is 0 Å². The van der Waals surface area contributed by atoms with E-state index in [1.165, 1.54) is 32.4 Å². The first-order valence-electron chi connectivity index (χ1n) is 8.79. The van der Waals surface area contributed by atoms with Gasteiger partial charge in [-0.3, -0.25) is 4.79 Å². The van der Waals surface area contributed by atoms with E-state index in [1.54, 1.807) is 0 Å². The zero-order chi connectivity index (χ0) is 15.7. The molecule has 4 heteroatoms. The van der Waals surface area contributed by atoms with Crippen molar-refractivity contribution in [1.29, 1.82) is 0 Å². The largest absolute Gasteiger partial charge is 0.368 e. The van der Waals surface area contributed by atoms with Gasteiger partial charge in [-0.05, 0) is 77.4 Å². The second kappa shape index (κ2) is 9.42. The molecule has 21 heavy (non-hydrogen) atoms. The fraction of sp³-hybridized carbons (Fsp3) is 0.941. The van der Waals surface area contributed by atoms with Crippen molar-refractivity contribution in [3.63, 3.8) is 0 Å². The lowest BCUT2D eigenvalue weighted by Crippen LogP contribution is -2.53. The molecule has 4 nitrogen and oxygen atoms in total. The van der Waals surface area contributed by atoms with E-state index in [2.05, 4.69) is 24.1 Å². The Kier molecular flexibility index (Phi) is 8.27. The Morgan fingerprint density at radius 2 is 1.95 bits per heavy atom. The monoisotopic (exact) mass is 297 g/mol. The van der Waals surface area contributed by atoms with Gasteiger partial charge in [0, 0.05) is 6.54 Å². The van der Waals surface area contributed by atoms with Gasteiger partial charge in [-0.25, -0.2) is 0 Å². The fourth-order valence-electron chi connectivity index (χ4n) is 2.79. The van der Waals surface area contributed by atoms with Gasteiger partial charge in [0.1, 0.15) is 0 Å². The van der Waals surface area contributed by atoms with Gasteiger partial charge in [0.2, 0.25) is 5.91 Å². The van der Waals surface area contributed by atoms with E-state index in [-0.39, 0.29) is 5.91 Å². The highest BCUT2D eigenvalue weighted by atomic mass is 16.1. The quantitative estimate of drug-likeness (QED) is 0.514. The van der Waals surface area contributed by atoms with E-state index in [9.17, 15) is 4.79 Å². The van der Waals surface area contributed by atoms with Crippen molar-refractivity contribution in [3.8, 4) is 0 Å². The topological polar surface area (TPSA) is 58.4 Å². The van der Waals surface area contributed by atoms with Crippen LogP contribution in [-0.2, 0) is 4.79 Å². The molecule has 0 aliphatic heterocycles. The predicted octanol–water partition coefficient (Wildman–Crippen LogP) is 2.52. The second-order valence-electron chi connectivity index (χ2n) is 6.82. The molecule has 1 aliphatic carbocycles. The Morgan fingerprint density at radius 1 is 1.24 bits per heavy atom. The number of primary amides is 1. The number of hydrogen-bond donors (Lipinski definition) is 2. The van der Waals surface area contributed by atoms with Crippen LogP contribution in [0, 0.1) is 5.92 Å². The SMILES string of the molecule is CCCNC(C)(CCCCN(CCC)CC1CC1)C(N)=O. The molecule has 124 valence electrons. The molecule has 1 rings (SSSR count). The Morgan fingerprint density at radius 3 is 2.48 bits per heavy atom. The van der Waals surface area contributed by atoms with E-state index in [0.717, 1.165) is 44.7 Å². The molecule has 1 aliphatic rings. The first-order valence-corrected chi connectivity index (χ1v) is 8.79. The number of nitrogens with one attached hydrogen (secondary N) is 1. The molecule has 1 fully saturated rings. The Hall–Kier alpha value is -0.610. The third-order valence-electron chi connectivity index (χ3n) is 4.46. The summed E-state index contributed by atoms with van der Waals surface area (Å²) in [5.41, 5.74) is 5.02. The highest BCUT2D eigenvalue weighted by molar-refractivity contribution is 5.84. The number of nitrogens with two attached hydrogens (primary N) is 1. The molecule has 1 saturated carbocycles. The van der Waals surface area contributed by atoms with Crippen LogP contribution >= 0.6 is 0 Å². The van der Waals surface area contributed by atoms with Crippen LogP contribution in [0.4, 0.5) is 0 Å². The molecule has 0 heterocycles. The van der Waals surface area contributed by atoms with Crippen molar-refractivity contribution < 1.29 is 4.79 Å². The molecule has 0 aromatic carbocycles. The van der Waals surface area contributed by atoms with Crippen LogP contribution in [0.15, 0.2) is 0 Å². The zero-order valence-corrected chi connectivity index (χ0v) is 14.3. The lowest BCUT2D eigenvalue weighted by molar-refractivity contribution is -0.124. The zero-order valence-electron chi connectivity index (χ0n) is 14.3. The summed E-state index contributed by atoms with van der Waals surface area (Å²) in [6.45, 7) is 10.8. The standard InChI is InChI=1S/C17H35N3O/c1-4-11-19-17(3,16(18)21)10-6-7-13-20(12-5-2)14-15-8-9-15/h15,19H,4-14H2,1-3H3,(H2,18,21). The minimum absolute atomic E-state index is 0.223. The van der Waals surface area contributed by atoms with Crippen LogP contribution in [0.25, 0.3) is 0 Å². The number of hydrogen-bond acceptors (Lipinski definition) is 3. The molecule has 1 amide bonds. The highest BCUT2D eigenvalue weighted by Crippen LogP contribution is 2.29. The number of unbranched alkanes of at least 4 members (excludes halogenated alkanes) is 1. The molecule has 0 aromatic heterocycles. The summed E-state index contributed by atoms with van der Waals surface area (Å²) in [6, 6.07) is 0. The van der Waals surface area contributed by atoms with Crippen molar-refractivity contribution >= 4 is 5.91 Å². The van der Waals surface area contributed by atoms with E-state index >= 15 is 0 Å². The van der Waals surface area contributed by atoms with E-state index in [1.807, 2.05) is 6.92 Å². The van der Waals surface area contributed by atoms with E-state index in [4.69, 9.17) is 5.73 Å². The molecule has 0 bridgehead atoms. The van der Waals surface area contributed by atoms with Crippen LogP contribution in [0.5, 0.6) is 0 Å². The lowest BCUT2D eigenvalue weighted by Gasteiger charge is -2.28. The van der Waals surface area contributed by atoms with Gasteiger partial charge < -0.3 is 16.0 Å². The summed E-state index contributed by atoms with van der Waals surface area (Å²) in [7, 11) is 0. The number of carbonyl (C=O) groups excluding carboxylic acids is 1. The minimum atomic E-state index is -0.540. The Bertz CT molecular complexity index is 304. The van der Waals surface area contributed by atoms with Gasteiger partial charge in [-0.15, -0.1) is 0 Å². The van der Waals surface area contributed by atoms with Crippen LogP contribution in [0.2, 0.25) is 0 Å². The van der Waals surface area contributed by atoms with Gasteiger partial charge in [-0.2, -0.15) is 0 Å². The number of rotatable bonds is 13. The number of carbonyl (C=O) groups is 1. The third-order valence-corrected chi connectivity index (χ3v) is 4.46. The maximum atomic E-state index is 11.7. The molecule has 0 aromatic rings. The minimum Gasteiger partial charge on any atom is -0.368 e. The van der Waals surface area contributed by atoms with Gasteiger partial charge >= 0.3 is 0 Å². The summed E-state index contributed by atoms with van der Waals surface area (Å²) in [4.78, 5) is 14.3. The Balaban J connectivity index is 2.26. The van der Waals surface area contributed by atoms with E-state index in [0.29, 0.717) is 0 Å². The van der Waals surface area contributed by atoms with Crippen LogP contribution in [-0.4, -0.2) is 42.5 Å². The molecular formula is C17H35N3O. The van der Waals surface area contributed by atoms with Gasteiger partial charge in [-0.1, -0.05) is 13.8 Å². The van der Waals surface area contributed by atoms with Crippen molar-refractivity contribution in [2.45, 2.75) is 71.3 Å². The molecule has 0 radical (unpaired) electrons. The lowest BCUT2D eigenvalue weighted by atomic mass is 9.93. The normalized spacial score (nSPS) is 17.9. The van der Waals surface area contributed by atoms with Crippen molar-refractivity contribution in [3.05, 3.63) is 0 Å². The number of amides is 1. The summed E-state index contributed by atoms with van der Waals surface area (Å²) >= 11 is 0. The molecule has 1 unspecified atom stereocenters. The Labute approximate surface area is 130 Å². The molecule has 3 N–H and O–H groups in total. The highest BCUT2D eigenvalue weighted by Gasteiger charge is 2.29. The van der Waals surface area contributed by atoms with Gasteiger partial charge in [0.15, 0.2) is 0 Å². The molecule has 0 saturated heterocycles. The molecule has 0 spiro atoms. The maximum Gasteiger partial charge on any atom is 0.237 e.